The Morgan fingerprint density at radius 3 is 2.24 bits per heavy atom. The Morgan fingerprint density at radius 1 is 0.840 bits per heavy atom. The molecule has 2 fully saturated rings. The molecule has 1 heterocycles. The van der Waals surface area contributed by atoms with Gasteiger partial charge in [-0.2, -0.15) is 0 Å². The zero-order valence-corrected chi connectivity index (χ0v) is 13.9. The summed E-state index contributed by atoms with van der Waals surface area (Å²) in [5, 5.41) is 0.360. The molecule has 124 valence electrons. The largest absolute Gasteiger partial charge is 0.299 e. The third-order valence-electron chi connectivity index (χ3n) is 5.78. The third-order valence-corrected chi connectivity index (χ3v) is 6.10. The van der Waals surface area contributed by atoms with Crippen LogP contribution in [0.5, 0.6) is 0 Å². The molecule has 0 radical (unpaired) electrons. The van der Waals surface area contributed by atoms with E-state index >= 15 is 0 Å². The van der Waals surface area contributed by atoms with E-state index in [1.54, 1.807) is 24.3 Å². The molecule has 2 amide bonds. The van der Waals surface area contributed by atoms with Crippen molar-refractivity contribution < 1.29 is 14.4 Å². The summed E-state index contributed by atoms with van der Waals surface area (Å²) in [5.74, 6) is -2.29. The number of hydrogen-bond donors (Lipinski definition) is 0. The second kappa shape index (κ2) is 5.02. The van der Waals surface area contributed by atoms with Crippen LogP contribution >= 0.6 is 11.6 Å². The molecule has 4 aliphatic rings. The minimum absolute atomic E-state index is 0.0621. The Balaban J connectivity index is 1.68. The number of fused-ring (bicyclic) bond motifs is 1. The van der Waals surface area contributed by atoms with Crippen LogP contribution in [-0.4, -0.2) is 17.6 Å². The number of ketones is 1. The summed E-state index contributed by atoms with van der Waals surface area (Å²) in [4.78, 5) is 40.1. The minimum atomic E-state index is -0.607. The number of rotatable bonds is 1. The van der Waals surface area contributed by atoms with Crippen molar-refractivity contribution in [2.45, 2.75) is 18.3 Å². The van der Waals surface area contributed by atoms with Crippen molar-refractivity contribution >= 4 is 34.9 Å². The smallest absolute Gasteiger partial charge is 0.238 e. The van der Waals surface area contributed by atoms with Gasteiger partial charge in [0.15, 0.2) is 0 Å². The number of benzene rings is 2. The van der Waals surface area contributed by atoms with Gasteiger partial charge in [-0.3, -0.25) is 14.4 Å². The predicted molar refractivity (Wildman–Crippen MR) is 92.5 cm³/mol. The SMILES string of the molecule is O=C1C[C@H]2c3ccccc3[C@H]1[C@H]1C(=O)N(c3ccccc3Cl)C(=O)[C@H]12. The van der Waals surface area contributed by atoms with Gasteiger partial charge >= 0.3 is 0 Å². The number of carbonyl (C=O) groups is 3. The lowest BCUT2D eigenvalue weighted by atomic mass is 9.56. The highest BCUT2D eigenvalue weighted by Crippen LogP contribution is 2.57. The molecule has 1 aliphatic heterocycles. The number of carbonyl (C=O) groups excluding carboxylic acids is 3. The molecule has 4 nitrogen and oxygen atoms in total. The van der Waals surface area contributed by atoms with Crippen LogP contribution in [0.2, 0.25) is 5.02 Å². The third kappa shape index (κ3) is 1.80. The van der Waals surface area contributed by atoms with Crippen molar-refractivity contribution in [1.82, 2.24) is 0 Å². The molecule has 6 rings (SSSR count). The van der Waals surface area contributed by atoms with E-state index in [0.29, 0.717) is 17.1 Å². The fourth-order valence-electron chi connectivity index (χ4n) is 4.83. The fourth-order valence-corrected chi connectivity index (χ4v) is 5.05. The molecule has 3 aliphatic carbocycles. The summed E-state index contributed by atoms with van der Waals surface area (Å²) in [6, 6.07) is 14.5. The van der Waals surface area contributed by atoms with E-state index in [2.05, 4.69) is 0 Å². The highest BCUT2D eigenvalue weighted by atomic mass is 35.5. The molecule has 1 saturated carbocycles. The monoisotopic (exact) mass is 351 g/mol. The lowest BCUT2D eigenvalue weighted by Crippen LogP contribution is -2.44. The zero-order chi connectivity index (χ0) is 17.3. The van der Waals surface area contributed by atoms with Crippen LogP contribution in [0.25, 0.3) is 0 Å². The van der Waals surface area contributed by atoms with Gasteiger partial charge in [-0.1, -0.05) is 48.0 Å². The molecule has 0 spiro atoms. The highest BCUT2D eigenvalue weighted by Gasteiger charge is 2.62. The number of anilines is 1. The first-order chi connectivity index (χ1) is 12.1. The molecule has 2 aromatic rings. The first kappa shape index (κ1) is 14.8. The Bertz CT molecular complexity index is 953. The number of amides is 2. The molecule has 25 heavy (non-hydrogen) atoms. The molecule has 4 atom stereocenters. The Hall–Kier alpha value is -2.46. The molecule has 2 aromatic carbocycles. The Kier molecular flexibility index (Phi) is 2.98. The van der Waals surface area contributed by atoms with Gasteiger partial charge in [-0.25, -0.2) is 4.90 Å². The second-order valence-corrected chi connectivity index (χ2v) is 7.31. The van der Waals surface area contributed by atoms with E-state index in [1.807, 2.05) is 24.3 Å². The van der Waals surface area contributed by atoms with E-state index < -0.39 is 17.8 Å². The van der Waals surface area contributed by atoms with Crippen LogP contribution in [0.15, 0.2) is 48.5 Å². The van der Waals surface area contributed by atoms with Gasteiger partial charge < -0.3 is 0 Å². The van der Waals surface area contributed by atoms with Gasteiger partial charge in [0.2, 0.25) is 11.8 Å². The summed E-state index contributed by atoms with van der Waals surface area (Å²) in [6.45, 7) is 0. The number of hydrogen-bond acceptors (Lipinski definition) is 3. The van der Waals surface area contributed by atoms with Gasteiger partial charge in [-0.15, -0.1) is 0 Å². The number of para-hydroxylation sites is 1. The first-order valence-electron chi connectivity index (χ1n) is 8.33. The summed E-state index contributed by atoms with van der Waals surface area (Å²) in [7, 11) is 0. The average Bonchev–Trinajstić information content (AvgIpc) is 2.88. The number of halogens is 1. The van der Waals surface area contributed by atoms with Gasteiger partial charge in [0.1, 0.15) is 5.78 Å². The van der Waals surface area contributed by atoms with Crippen LogP contribution in [-0.2, 0) is 14.4 Å². The fraction of sp³-hybridized carbons (Fsp3) is 0.250. The maximum atomic E-state index is 13.1. The molecular weight excluding hydrogens is 338 g/mol. The van der Waals surface area contributed by atoms with Gasteiger partial charge in [0.05, 0.1) is 28.5 Å². The lowest BCUT2D eigenvalue weighted by molar-refractivity contribution is -0.134. The zero-order valence-electron chi connectivity index (χ0n) is 13.2. The van der Waals surface area contributed by atoms with E-state index in [-0.39, 0.29) is 23.5 Å². The number of nitrogens with zero attached hydrogens (tertiary/aromatic N) is 1. The van der Waals surface area contributed by atoms with E-state index in [0.717, 1.165) is 11.1 Å². The predicted octanol–water partition coefficient (Wildman–Crippen LogP) is 3.30. The van der Waals surface area contributed by atoms with Crippen LogP contribution in [0, 0.1) is 11.8 Å². The van der Waals surface area contributed by atoms with Crippen molar-refractivity contribution in [2.75, 3.05) is 4.90 Å². The van der Waals surface area contributed by atoms with E-state index in [1.165, 1.54) is 4.90 Å². The molecule has 0 unspecified atom stereocenters. The molecule has 2 bridgehead atoms. The maximum absolute atomic E-state index is 13.1. The van der Waals surface area contributed by atoms with E-state index in [9.17, 15) is 14.4 Å². The quantitative estimate of drug-likeness (QED) is 0.741. The Labute approximate surface area is 149 Å². The number of Topliss-reactive ketones (excluding diaryl/α,β-unsaturated/α-hetero) is 1. The average molecular weight is 352 g/mol. The standard InChI is InChI=1S/C20H14ClNO3/c21-13-7-3-4-8-14(13)22-19(24)17-12-9-15(23)16(18(17)20(22)25)11-6-2-1-5-10(11)12/h1-8,12,16-18H,9H2/t12-,16+,17-,18+/m0/s1. The molecule has 0 aromatic heterocycles. The van der Waals surface area contributed by atoms with Crippen molar-refractivity contribution in [1.29, 1.82) is 0 Å². The molecule has 1 saturated heterocycles. The molecular formula is C20H14ClNO3. The van der Waals surface area contributed by atoms with E-state index in [4.69, 9.17) is 11.6 Å². The summed E-state index contributed by atoms with van der Waals surface area (Å²) in [6.07, 6.45) is 0.332. The van der Waals surface area contributed by atoms with Crippen molar-refractivity contribution in [3.8, 4) is 0 Å². The summed E-state index contributed by atoms with van der Waals surface area (Å²) in [5.41, 5.74) is 2.35. The topological polar surface area (TPSA) is 54.5 Å². The van der Waals surface area contributed by atoms with Gasteiger partial charge in [-0.05, 0) is 23.3 Å². The number of imide groups is 1. The van der Waals surface area contributed by atoms with Crippen LogP contribution < -0.4 is 4.90 Å². The molecule has 5 heteroatoms. The van der Waals surface area contributed by atoms with Crippen LogP contribution in [0.4, 0.5) is 5.69 Å². The van der Waals surface area contributed by atoms with Crippen LogP contribution in [0.3, 0.4) is 0 Å². The first-order valence-corrected chi connectivity index (χ1v) is 8.71. The Morgan fingerprint density at radius 2 is 1.48 bits per heavy atom. The minimum Gasteiger partial charge on any atom is -0.299 e. The lowest BCUT2D eigenvalue weighted by Gasteiger charge is -2.43. The molecule has 0 N–H and O–H groups in total. The summed E-state index contributed by atoms with van der Waals surface area (Å²) >= 11 is 6.23. The van der Waals surface area contributed by atoms with Crippen molar-refractivity contribution in [3.63, 3.8) is 0 Å². The summed E-state index contributed by atoms with van der Waals surface area (Å²) < 4.78 is 0. The van der Waals surface area contributed by atoms with Gasteiger partial charge in [0.25, 0.3) is 0 Å². The normalized spacial score (nSPS) is 29.8. The second-order valence-electron chi connectivity index (χ2n) is 6.90. The van der Waals surface area contributed by atoms with Crippen LogP contribution in [0.1, 0.15) is 29.4 Å². The van der Waals surface area contributed by atoms with Crippen molar-refractivity contribution in [3.05, 3.63) is 64.7 Å². The highest BCUT2D eigenvalue weighted by molar-refractivity contribution is 6.36. The van der Waals surface area contributed by atoms with Gasteiger partial charge in [0, 0.05) is 12.3 Å². The maximum Gasteiger partial charge on any atom is 0.238 e. The van der Waals surface area contributed by atoms with Crippen molar-refractivity contribution in [2.24, 2.45) is 11.8 Å².